The summed E-state index contributed by atoms with van der Waals surface area (Å²) in [6.07, 6.45) is 0. The Morgan fingerprint density at radius 1 is 1.26 bits per heavy atom. The number of anilines is 1. The zero-order chi connectivity index (χ0) is 13.8. The highest BCUT2D eigenvalue weighted by Crippen LogP contribution is 2.10. The molecule has 0 saturated heterocycles. The van der Waals surface area contributed by atoms with Gasteiger partial charge in [0, 0.05) is 17.3 Å². The number of esters is 1. The van der Waals surface area contributed by atoms with E-state index in [2.05, 4.69) is 20.3 Å². The minimum absolute atomic E-state index is 0.327. The van der Waals surface area contributed by atoms with Crippen LogP contribution in [0.4, 0.5) is 5.82 Å². The van der Waals surface area contributed by atoms with Crippen molar-refractivity contribution >= 4 is 17.7 Å². The SMILES string of the molecule is COC(=O)c1cccc(C(=O)Nc2cc(C)[nH]n2)c1. The van der Waals surface area contributed by atoms with Crippen molar-refractivity contribution in [2.75, 3.05) is 12.4 Å². The van der Waals surface area contributed by atoms with Crippen LogP contribution in [-0.4, -0.2) is 29.2 Å². The van der Waals surface area contributed by atoms with Crippen LogP contribution in [0.5, 0.6) is 0 Å². The molecule has 1 amide bonds. The Kier molecular flexibility index (Phi) is 3.61. The molecule has 2 aromatic rings. The van der Waals surface area contributed by atoms with Gasteiger partial charge in [0.15, 0.2) is 5.82 Å². The van der Waals surface area contributed by atoms with Crippen molar-refractivity contribution in [2.45, 2.75) is 6.92 Å². The van der Waals surface area contributed by atoms with Gasteiger partial charge in [-0.15, -0.1) is 0 Å². The maximum Gasteiger partial charge on any atom is 0.337 e. The molecule has 2 N–H and O–H groups in total. The standard InChI is InChI=1S/C13H13N3O3/c1-8-6-11(16-15-8)14-12(17)9-4-3-5-10(7-9)13(18)19-2/h3-7H,1-2H3,(H2,14,15,16,17). The molecule has 1 heterocycles. The lowest BCUT2D eigenvalue weighted by atomic mass is 10.1. The lowest BCUT2D eigenvalue weighted by molar-refractivity contribution is 0.0600. The van der Waals surface area contributed by atoms with E-state index >= 15 is 0 Å². The van der Waals surface area contributed by atoms with E-state index in [0.717, 1.165) is 5.69 Å². The van der Waals surface area contributed by atoms with Crippen molar-refractivity contribution in [3.8, 4) is 0 Å². The highest BCUT2D eigenvalue weighted by atomic mass is 16.5. The topological polar surface area (TPSA) is 84.1 Å². The van der Waals surface area contributed by atoms with Gasteiger partial charge in [0.1, 0.15) is 0 Å². The van der Waals surface area contributed by atoms with E-state index in [9.17, 15) is 9.59 Å². The highest BCUT2D eigenvalue weighted by Gasteiger charge is 2.11. The number of aromatic nitrogens is 2. The van der Waals surface area contributed by atoms with Crippen LogP contribution in [0.15, 0.2) is 30.3 Å². The largest absolute Gasteiger partial charge is 0.465 e. The van der Waals surface area contributed by atoms with E-state index in [1.165, 1.54) is 13.2 Å². The average Bonchev–Trinajstić information content (AvgIpc) is 2.83. The lowest BCUT2D eigenvalue weighted by Gasteiger charge is -2.04. The van der Waals surface area contributed by atoms with Crippen LogP contribution in [-0.2, 0) is 4.74 Å². The van der Waals surface area contributed by atoms with Crippen molar-refractivity contribution in [1.29, 1.82) is 0 Å². The maximum atomic E-state index is 12.0. The Balaban J connectivity index is 2.17. The number of nitrogens with zero attached hydrogens (tertiary/aromatic N) is 1. The number of aryl methyl sites for hydroxylation is 1. The predicted molar refractivity (Wildman–Crippen MR) is 69.1 cm³/mol. The summed E-state index contributed by atoms with van der Waals surface area (Å²) < 4.78 is 4.60. The van der Waals surface area contributed by atoms with E-state index in [1.54, 1.807) is 24.3 Å². The number of benzene rings is 1. The summed E-state index contributed by atoms with van der Waals surface area (Å²) in [5, 5.41) is 9.26. The summed E-state index contributed by atoms with van der Waals surface area (Å²) in [6.45, 7) is 1.83. The van der Waals surface area contributed by atoms with Gasteiger partial charge in [-0.2, -0.15) is 5.10 Å². The lowest BCUT2D eigenvalue weighted by Crippen LogP contribution is -2.13. The normalized spacial score (nSPS) is 10.0. The second kappa shape index (κ2) is 5.34. The van der Waals surface area contributed by atoms with E-state index < -0.39 is 5.97 Å². The summed E-state index contributed by atoms with van der Waals surface area (Å²) in [7, 11) is 1.29. The average molecular weight is 259 g/mol. The quantitative estimate of drug-likeness (QED) is 0.822. The van der Waals surface area contributed by atoms with Gasteiger partial charge in [0.2, 0.25) is 0 Å². The monoisotopic (exact) mass is 259 g/mol. The third-order valence-corrected chi connectivity index (χ3v) is 2.49. The molecule has 19 heavy (non-hydrogen) atoms. The van der Waals surface area contributed by atoms with Crippen LogP contribution in [0, 0.1) is 6.92 Å². The number of ether oxygens (including phenoxy) is 1. The molecule has 0 aliphatic heterocycles. The highest BCUT2D eigenvalue weighted by molar-refractivity contribution is 6.05. The number of nitrogens with one attached hydrogen (secondary N) is 2. The summed E-state index contributed by atoms with van der Waals surface area (Å²) in [4.78, 5) is 23.3. The van der Waals surface area contributed by atoms with Gasteiger partial charge < -0.3 is 10.1 Å². The van der Waals surface area contributed by atoms with Gasteiger partial charge >= 0.3 is 5.97 Å². The minimum atomic E-state index is -0.481. The van der Waals surface area contributed by atoms with E-state index in [1.807, 2.05) is 6.92 Å². The molecule has 0 unspecified atom stereocenters. The van der Waals surface area contributed by atoms with Gasteiger partial charge in [0.05, 0.1) is 12.7 Å². The fourth-order valence-corrected chi connectivity index (χ4v) is 1.58. The molecule has 2 rings (SSSR count). The second-order valence-electron chi connectivity index (χ2n) is 3.96. The number of carbonyl (C=O) groups excluding carboxylic acids is 2. The Hall–Kier alpha value is -2.63. The maximum absolute atomic E-state index is 12.0. The zero-order valence-electron chi connectivity index (χ0n) is 10.6. The molecule has 0 spiro atoms. The summed E-state index contributed by atoms with van der Waals surface area (Å²) >= 11 is 0. The molecule has 0 radical (unpaired) electrons. The van der Waals surface area contributed by atoms with Crippen LogP contribution in [0.1, 0.15) is 26.4 Å². The third kappa shape index (κ3) is 2.98. The van der Waals surface area contributed by atoms with Gasteiger partial charge in [-0.3, -0.25) is 9.89 Å². The van der Waals surface area contributed by atoms with Gasteiger partial charge in [0.25, 0.3) is 5.91 Å². The first kappa shape index (κ1) is 12.8. The fraction of sp³-hybridized carbons (Fsp3) is 0.154. The predicted octanol–water partition coefficient (Wildman–Crippen LogP) is 1.76. The molecule has 0 aliphatic carbocycles. The summed E-state index contributed by atoms with van der Waals surface area (Å²) in [5.74, 6) is -0.381. The first-order chi connectivity index (χ1) is 9.10. The molecule has 6 nitrogen and oxygen atoms in total. The number of hydrogen-bond donors (Lipinski definition) is 2. The molecule has 1 aromatic carbocycles. The first-order valence-corrected chi connectivity index (χ1v) is 5.62. The molecule has 0 fully saturated rings. The Labute approximate surface area is 109 Å². The van der Waals surface area contributed by atoms with Crippen molar-refractivity contribution in [3.63, 3.8) is 0 Å². The molecule has 98 valence electrons. The van der Waals surface area contributed by atoms with Crippen molar-refractivity contribution in [1.82, 2.24) is 10.2 Å². The van der Waals surface area contributed by atoms with Crippen LogP contribution >= 0.6 is 0 Å². The van der Waals surface area contributed by atoms with Gasteiger partial charge in [-0.1, -0.05) is 6.07 Å². The molecule has 6 heteroatoms. The van der Waals surface area contributed by atoms with Crippen molar-refractivity contribution in [2.24, 2.45) is 0 Å². The smallest absolute Gasteiger partial charge is 0.337 e. The van der Waals surface area contributed by atoms with Crippen molar-refractivity contribution < 1.29 is 14.3 Å². The van der Waals surface area contributed by atoms with E-state index in [4.69, 9.17) is 0 Å². The van der Waals surface area contributed by atoms with Crippen molar-refractivity contribution in [3.05, 3.63) is 47.2 Å². The Morgan fingerprint density at radius 3 is 2.63 bits per heavy atom. The Morgan fingerprint density at radius 2 is 2.00 bits per heavy atom. The zero-order valence-corrected chi connectivity index (χ0v) is 10.6. The number of methoxy groups -OCH3 is 1. The summed E-state index contributed by atoms with van der Waals surface area (Å²) in [6, 6.07) is 8.00. The number of carbonyl (C=O) groups is 2. The molecule has 1 aromatic heterocycles. The van der Waals surface area contributed by atoms with E-state index in [-0.39, 0.29) is 5.91 Å². The van der Waals surface area contributed by atoms with E-state index in [0.29, 0.717) is 16.9 Å². The molecule has 0 saturated carbocycles. The minimum Gasteiger partial charge on any atom is -0.465 e. The number of hydrogen-bond acceptors (Lipinski definition) is 4. The van der Waals surface area contributed by atoms with Crippen LogP contribution < -0.4 is 5.32 Å². The summed E-state index contributed by atoms with van der Waals surface area (Å²) in [5.41, 5.74) is 1.54. The Bertz CT molecular complexity index is 619. The molecular weight excluding hydrogens is 246 g/mol. The molecule has 0 aliphatic rings. The molecular formula is C13H13N3O3. The van der Waals surface area contributed by atoms with Crippen LogP contribution in [0.25, 0.3) is 0 Å². The number of amides is 1. The number of rotatable bonds is 3. The van der Waals surface area contributed by atoms with Crippen LogP contribution in [0.3, 0.4) is 0 Å². The molecule has 0 atom stereocenters. The first-order valence-electron chi connectivity index (χ1n) is 5.62. The third-order valence-electron chi connectivity index (χ3n) is 2.49. The second-order valence-corrected chi connectivity index (χ2v) is 3.96. The number of aromatic amines is 1. The van der Waals surface area contributed by atoms with Crippen LogP contribution in [0.2, 0.25) is 0 Å². The van der Waals surface area contributed by atoms with Gasteiger partial charge in [-0.25, -0.2) is 4.79 Å². The number of H-pyrrole nitrogens is 1. The van der Waals surface area contributed by atoms with Gasteiger partial charge in [-0.05, 0) is 25.1 Å². The molecule has 0 bridgehead atoms. The fourth-order valence-electron chi connectivity index (χ4n) is 1.58.